The van der Waals surface area contributed by atoms with Crippen LogP contribution >= 0.6 is 11.8 Å². The number of aliphatic carboxylic acids is 1. The second-order valence-electron chi connectivity index (χ2n) is 3.29. The van der Waals surface area contributed by atoms with Crippen molar-refractivity contribution in [3.63, 3.8) is 0 Å². The highest BCUT2D eigenvalue weighted by atomic mass is 32.2. The molecule has 1 heterocycles. The second-order valence-corrected chi connectivity index (χ2v) is 4.29. The fraction of sp³-hybridized carbons (Fsp3) is 0.667. The van der Waals surface area contributed by atoms with E-state index in [2.05, 4.69) is 10.1 Å². The van der Waals surface area contributed by atoms with Crippen LogP contribution in [0, 0.1) is 0 Å². The third-order valence-corrected chi connectivity index (χ3v) is 3.13. The van der Waals surface area contributed by atoms with Crippen LogP contribution in [0.15, 0.2) is 0 Å². The minimum atomic E-state index is -1.04. The number of urea groups is 1. The third kappa shape index (κ3) is 3.81. The lowest BCUT2D eigenvalue weighted by Crippen LogP contribution is -2.48. The Kier molecular flexibility index (Phi) is 5.08. The van der Waals surface area contributed by atoms with Gasteiger partial charge in [-0.05, 0) is 6.92 Å². The number of carbonyl (C=O) groups excluding carboxylic acids is 2. The highest BCUT2D eigenvalue weighted by Gasteiger charge is 2.34. The summed E-state index contributed by atoms with van der Waals surface area (Å²) < 4.78 is 4.64. The molecule has 0 radical (unpaired) electrons. The van der Waals surface area contributed by atoms with Gasteiger partial charge in [0, 0.05) is 5.75 Å². The first-order chi connectivity index (χ1) is 8.06. The van der Waals surface area contributed by atoms with Gasteiger partial charge in [0.05, 0.1) is 12.5 Å². The zero-order chi connectivity index (χ0) is 12.8. The molecule has 1 aliphatic heterocycles. The van der Waals surface area contributed by atoms with Gasteiger partial charge in [-0.15, -0.1) is 11.8 Å². The maximum Gasteiger partial charge on any atom is 0.327 e. The molecule has 17 heavy (non-hydrogen) atoms. The lowest BCUT2D eigenvalue weighted by atomic mass is 10.3. The number of ether oxygens (including phenoxy) is 1. The van der Waals surface area contributed by atoms with Gasteiger partial charge in [0.25, 0.3) is 0 Å². The summed E-state index contributed by atoms with van der Waals surface area (Å²) in [6.45, 7) is 1.66. The number of hydrogen-bond acceptors (Lipinski definition) is 5. The summed E-state index contributed by atoms with van der Waals surface area (Å²) in [6.07, 6.45) is 0. The van der Waals surface area contributed by atoms with Crippen LogP contribution in [0.1, 0.15) is 6.92 Å². The second kappa shape index (κ2) is 6.33. The molecule has 7 nitrogen and oxygen atoms in total. The van der Waals surface area contributed by atoms with Crippen LogP contribution in [0.5, 0.6) is 0 Å². The van der Waals surface area contributed by atoms with E-state index < -0.39 is 24.0 Å². The SMILES string of the molecule is CCOC(=O)CNC(=O)N1CSC[C@H]1C(=O)O. The molecule has 0 aromatic rings. The Balaban J connectivity index is 2.42. The van der Waals surface area contributed by atoms with Crippen LogP contribution < -0.4 is 5.32 Å². The monoisotopic (exact) mass is 262 g/mol. The van der Waals surface area contributed by atoms with Crippen molar-refractivity contribution in [3.8, 4) is 0 Å². The molecule has 0 bridgehead atoms. The van der Waals surface area contributed by atoms with E-state index in [1.807, 2.05) is 0 Å². The molecule has 2 N–H and O–H groups in total. The van der Waals surface area contributed by atoms with E-state index in [-0.39, 0.29) is 13.2 Å². The van der Waals surface area contributed by atoms with Crippen molar-refractivity contribution >= 4 is 29.7 Å². The van der Waals surface area contributed by atoms with Crippen LogP contribution in [-0.4, -0.2) is 58.8 Å². The van der Waals surface area contributed by atoms with E-state index in [0.717, 1.165) is 0 Å². The molecule has 1 fully saturated rings. The normalized spacial score (nSPS) is 18.9. The zero-order valence-electron chi connectivity index (χ0n) is 9.34. The summed E-state index contributed by atoms with van der Waals surface area (Å²) in [6, 6.07) is -1.39. The number of esters is 1. The van der Waals surface area contributed by atoms with Crippen LogP contribution in [0.25, 0.3) is 0 Å². The molecule has 0 spiro atoms. The molecule has 0 aliphatic carbocycles. The molecule has 1 aliphatic rings. The topological polar surface area (TPSA) is 95.9 Å². The van der Waals surface area contributed by atoms with E-state index in [1.165, 1.54) is 16.7 Å². The summed E-state index contributed by atoms with van der Waals surface area (Å²) in [4.78, 5) is 34.6. The summed E-state index contributed by atoms with van der Waals surface area (Å²) in [7, 11) is 0. The van der Waals surface area contributed by atoms with Gasteiger partial charge in [0.1, 0.15) is 12.6 Å². The van der Waals surface area contributed by atoms with Gasteiger partial charge >= 0.3 is 18.0 Å². The Labute approximate surface area is 102 Å². The van der Waals surface area contributed by atoms with E-state index in [4.69, 9.17) is 5.11 Å². The van der Waals surface area contributed by atoms with Crippen molar-refractivity contribution in [1.29, 1.82) is 0 Å². The molecule has 2 amide bonds. The molecule has 96 valence electrons. The van der Waals surface area contributed by atoms with Crippen molar-refractivity contribution in [1.82, 2.24) is 10.2 Å². The minimum absolute atomic E-state index is 0.242. The summed E-state index contributed by atoms with van der Waals surface area (Å²) in [5.41, 5.74) is 0. The minimum Gasteiger partial charge on any atom is -0.480 e. The van der Waals surface area contributed by atoms with E-state index in [0.29, 0.717) is 11.6 Å². The van der Waals surface area contributed by atoms with Crippen molar-refractivity contribution in [2.45, 2.75) is 13.0 Å². The van der Waals surface area contributed by atoms with Gasteiger partial charge in [-0.2, -0.15) is 0 Å². The van der Waals surface area contributed by atoms with Crippen molar-refractivity contribution in [2.24, 2.45) is 0 Å². The molecule has 0 aromatic heterocycles. The number of rotatable bonds is 4. The van der Waals surface area contributed by atoms with Crippen LogP contribution in [0.3, 0.4) is 0 Å². The Bertz CT molecular complexity index is 323. The van der Waals surface area contributed by atoms with Crippen molar-refractivity contribution in [3.05, 3.63) is 0 Å². The molecule has 1 saturated heterocycles. The van der Waals surface area contributed by atoms with Crippen LogP contribution in [-0.2, 0) is 14.3 Å². The number of carbonyl (C=O) groups is 3. The van der Waals surface area contributed by atoms with Crippen molar-refractivity contribution in [2.75, 3.05) is 24.8 Å². The van der Waals surface area contributed by atoms with Crippen LogP contribution in [0.2, 0.25) is 0 Å². The van der Waals surface area contributed by atoms with Gasteiger partial charge in [-0.1, -0.05) is 0 Å². The zero-order valence-corrected chi connectivity index (χ0v) is 10.2. The first-order valence-corrected chi connectivity index (χ1v) is 6.22. The van der Waals surface area contributed by atoms with Crippen molar-refractivity contribution < 1.29 is 24.2 Å². The Morgan fingerprint density at radius 1 is 1.53 bits per heavy atom. The summed E-state index contributed by atoms with van der Waals surface area (Å²) in [5.74, 6) is -0.908. The molecular weight excluding hydrogens is 248 g/mol. The molecule has 0 saturated carbocycles. The Hall–Kier alpha value is -1.44. The number of nitrogens with one attached hydrogen (secondary N) is 1. The van der Waals surface area contributed by atoms with Gasteiger partial charge < -0.3 is 20.1 Å². The Morgan fingerprint density at radius 2 is 2.24 bits per heavy atom. The first kappa shape index (κ1) is 13.6. The van der Waals surface area contributed by atoms with Gasteiger partial charge in [-0.3, -0.25) is 4.79 Å². The summed E-state index contributed by atoms with van der Waals surface area (Å²) in [5, 5.41) is 11.2. The fourth-order valence-corrected chi connectivity index (χ4v) is 2.45. The largest absolute Gasteiger partial charge is 0.480 e. The predicted octanol–water partition coefficient (Wildman–Crippen LogP) is -0.281. The average Bonchev–Trinajstić information content (AvgIpc) is 2.75. The van der Waals surface area contributed by atoms with E-state index in [9.17, 15) is 14.4 Å². The third-order valence-electron chi connectivity index (χ3n) is 2.12. The molecule has 8 heteroatoms. The van der Waals surface area contributed by atoms with Gasteiger partial charge in [0.2, 0.25) is 0 Å². The molecule has 1 rings (SSSR count). The summed E-state index contributed by atoms with van der Waals surface area (Å²) >= 11 is 1.36. The predicted molar refractivity (Wildman–Crippen MR) is 60.6 cm³/mol. The van der Waals surface area contributed by atoms with E-state index >= 15 is 0 Å². The maximum atomic E-state index is 11.6. The van der Waals surface area contributed by atoms with Gasteiger partial charge in [0.15, 0.2) is 0 Å². The quantitative estimate of drug-likeness (QED) is 0.676. The molecule has 0 aromatic carbocycles. The number of carboxylic acids is 1. The molecule has 1 atom stereocenters. The lowest BCUT2D eigenvalue weighted by Gasteiger charge is -2.20. The maximum absolute atomic E-state index is 11.6. The fourth-order valence-electron chi connectivity index (χ4n) is 1.31. The van der Waals surface area contributed by atoms with Gasteiger partial charge in [-0.25, -0.2) is 9.59 Å². The number of hydrogen-bond donors (Lipinski definition) is 2. The number of nitrogens with zero attached hydrogens (tertiary/aromatic N) is 1. The first-order valence-electron chi connectivity index (χ1n) is 5.07. The van der Waals surface area contributed by atoms with E-state index in [1.54, 1.807) is 6.92 Å². The number of carboxylic acid groups (broad SMARTS) is 1. The number of amides is 2. The Morgan fingerprint density at radius 3 is 2.82 bits per heavy atom. The highest BCUT2D eigenvalue weighted by Crippen LogP contribution is 2.20. The number of thioether (sulfide) groups is 1. The molecule has 0 unspecified atom stereocenters. The average molecular weight is 262 g/mol. The molecular formula is C9H14N2O5S. The standard InChI is InChI=1S/C9H14N2O5S/c1-2-16-7(12)3-10-9(15)11-5-17-4-6(11)8(13)14/h6H,2-5H2,1H3,(H,10,15)(H,13,14)/t6-/m0/s1. The highest BCUT2D eigenvalue weighted by molar-refractivity contribution is 7.99. The lowest BCUT2D eigenvalue weighted by molar-refractivity contribution is -0.141. The smallest absolute Gasteiger partial charge is 0.327 e. The van der Waals surface area contributed by atoms with Crippen LogP contribution in [0.4, 0.5) is 4.79 Å².